The average molecular weight is 328 g/mol. The van der Waals surface area contributed by atoms with E-state index in [1.165, 1.54) is 0 Å². The van der Waals surface area contributed by atoms with Crippen molar-refractivity contribution in [2.45, 2.75) is 53.8 Å². The number of pyridine rings is 2. The van der Waals surface area contributed by atoms with Crippen LogP contribution in [0.3, 0.4) is 0 Å². The summed E-state index contributed by atoms with van der Waals surface area (Å²) in [5, 5.41) is 20.6. The van der Waals surface area contributed by atoms with E-state index in [9.17, 15) is 10.2 Å². The molecule has 2 unspecified atom stereocenters. The van der Waals surface area contributed by atoms with Crippen LogP contribution in [0.4, 0.5) is 0 Å². The molecule has 24 heavy (non-hydrogen) atoms. The third-order valence-corrected chi connectivity index (χ3v) is 4.11. The number of aromatic nitrogens is 2. The van der Waals surface area contributed by atoms with E-state index in [2.05, 4.69) is 9.97 Å². The Bertz CT molecular complexity index is 603. The van der Waals surface area contributed by atoms with Crippen LogP contribution >= 0.6 is 0 Å². The lowest BCUT2D eigenvalue weighted by molar-refractivity contribution is 0.0623. The molecular weight excluding hydrogens is 300 g/mol. The van der Waals surface area contributed by atoms with Gasteiger partial charge < -0.3 is 10.2 Å². The molecule has 4 nitrogen and oxygen atoms in total. The van der Waals surface area contributed by atoms with Crippen LogP contribution in [-0.2, 0) is 0 Å². The third kappa shape index (κ3) is 4.19. The van der Waals surface area contributed by atoms with Crippen LogP contribution in [0, 0.1) is 10.8 Å². The zero-order valence-corrected chi connectivity index (χ0v) is 15.4. The molecule has 130 valence electrons. The number of aliphatic hydroxyl groups is 2. The zero-order valence-electron chi connectivity index (χ0n) is 15.4. The Kier molecular flexibility index (Phi) is 5.11. The Morgan fingerprint density at radius 3 is 1.21 bits per heavy atom. The topological polar surface area (TPSA) is 66.2 Å². The largest absolute Gasteiger partial charge is 0.388 e. The molecule has 2 heterocycles. The van der Waals surface area contributed by atoms with Crippen molar-refractivity contribution in [2.24, 2.45) is 10.8 Å². The molecule has 0 radical (unpaired) electrons. The van der Waals surface area contributed by atoms with Gasteiger partial charge in [-0.3, -0.25) is 9.97 Å². The number of rotatable bonds is 3. The van der Waals surface area contributed by atoms with Gasteiger partial charge in [0.1, 0.15) is 0 Å². The Morgan fingerprint density at radius 1 is 0.667 bits per heavy atom. The maximum Gasteiger partial charge on any atom is 0.0886 e. The van der Waals surface area contributed by atoms with Crippen molar-refractivity contribution in [1.82, 2.24) is 9.97 Å². The molecule has 2 atom stereocenters. The minimum absolute atomic E-state index is 0.230. The SMILES string of the molecule is CC(C)(C)C(O)c1ccc(-c2ccc(C(O)C(C)(C)C)cn2)nc1. The van der Waals surface area contributed by atoms with Crippen LogP contribution in [0.5, 0.6) is 0 Å². The van der Waals surface area contributed by atoms with E-state index in [0.717, 1.165) is 22.5 Å². The normalized spacial score (nSPS) is 15.2. The van der Waals surface area contributed by atoms with Gasteiger partial charge in [0.05, 0.1) is 23.6 Å². The summed E-state index contributed by atoms with van der Waals surface area (Å²) in [4.78, 5) is 8.84. The molecule has 0 bridgehead atoms. The van der Waals surface area contributed by atoms with Gasteiger partial charge in [-0.05, 0) is 34.1 Å². The summed E-state index contributed by atoms with van der Waals surface area (Å²) >= 11 is 0. The lowest BCUT2D eigenvalue weighted by Gasteiger charge is -2.26. The standard InChI is InChI=1S/C20H28N2O2/c1-19(2,3)17(23)13-7-9-15(21-11-13)16-10-8-14(12-22-16)18(24)20(4,5)6/h7-12,17-18,23-24H,1-6H3. The van der Waals surface area contributed by atoms with E-state index in [1.807, 2.05) is 65.8 Å². The third-order valence-electron chi connectivity index (χ3n) is 4.11. The van der Waals surface area contributed by atoms with Crippen LogP contribution in [0.25, 0.3) is 11.4 Å². The second kappa shape index (κ2) is 6.61. The molecule has 0 aliphatic carbocycles. The first-order valence-electron chi connectivity index (χ1n) is 8.28. The predicted molar refractivity (Wildman–Crippen MR) is 96.3 cm³/mol. The zero-order chi connectivity index (χ0) is 18.1. The fraction of sp³-hybridized carbons (Fsp3) is 0.500. The monoisotopic (exact) mass is 328 g/mol. The minimum Gasteiger partial charge on any atom is -0.388 e. The van der Waals surface area contributed by atoms with E-state index < -0.39 is 12.2 Å². The first-order valence-corrected chi connectivity index (χ1v) is 8.28. The predicted octanol–water partition coefficient (Wildman–Crippen LogP) is 4.30. The molecule has 0 aliphatic heterocycles. The van der Waals surface area contributed by atoms with Gasteiger partial charge in [0.15, 0.2) is 0 Å². The summed E-state index contributed by atoms with van der Waals surface area (Å²) in [7, 11) is 0. The van der Waals surface area contributed by atoms with Crippen LogP contribution in [0.15, 0.2) is 36.7 Å². The smallest absolute Gasteiger partial charge is 0.0886 e. The van der Waals surface area contributed by atoms with Gasteiger partial charge in [-0.1, -0.05) is 53.7 Å². The van der Waals surface area contributed by atoms with Gasteiger partial charge in [-0.2, -0.15) is 0 Å². The Morgan fingerprint density at radius 2 is 1.00 bits per heavy atom. The van der Waals surface area contributed by atoms with Crippen molar-refractivity contribution >= 4 is 0 Å². The van der Waals surface area contributed by atoms with Crippen molar-refractivity contribution in [2.75, 3.05) is 0 Å². The summed E-state index contributed by atoms with van der Waals surface area (Å²) in [5.74, 6) is 0. The Balaban J connectivity index is 2.21. The fourth-order valence-corrected chi connectivity index (χ4v) is 2.44. The number of hydrogen-bond acceptors (Lipinski definition) is 4. The molecule has 0 fully saturated rings. The van der Waals surface area contributed by atoms with E-state index >= 15 is 0 Å². The molecule has 0 saturated heterocycles. The van der Waals surface area contributed by atoms with Crippen molar-refractivity contribution in [3.8, 4) is 11.4 Å². The van der Waals surface area contributed by atoms with E-state index in [4.69, 9.17) is 0 Å². The maximum atomic E-state index is 10.3. The molecule has 2 aromatic rings. The molecule has 2 rings (SSSR count). The lowest BCUT2D eigenvalue weighted by Crippen LogP contribution is -2.18. The molecule has 2 N–H and O–H groups in total. The minimum atomic E-state index is -0.559. The molecular formula is C20H28N2O2. The number of hydrogen-bond donors (Lipinski definition) is 2. The summed E-state index contributed by atoms with van der Waals surface area (Å²) < 4.78 is 0. The van der Waals surface area contributed by atoms with Crippen LogP contribution < -0.4 is 0 Å². The van der Waals surface area contributed by atoms with Gasteiger partial charge in [0, 0.05) is 12.4 Å². The first kappa shape index (κ1) is 18.6. The molecule has 4 heteroatoms. The van der Waals surface area contributed by atoms with Gasteiger partial charge in [-0.25, -0.2) is 0 Å². The molecule has 0 saturated carbocycles. The summed E-state index contributed by atoms with van der Waals surface area (Å²) in [6, 6.07) is 7.51. The van der Waals surface area contributed by atoms with Gasteiger partial charge >= 0.3 is 0 Å². The quantitative estimate of drug-likeness (QED) is 0.881. The second-order valence-electron chi connectivity index (χ2n) is 8.49. The molecule has 2 aromatic heterocycles. The van der Waals surface area contributed by atoms with Gasteiger partial charge in [-0.15, -0.1) is 0 Å². The second-order valence-corrected chi connectivity index (χ2v) is 8.49. The fourth-order valence-electron chi connectivity index (χ4n) is 2.44. The van der Waals surface area contributed by atoms with Gasteiger partial charge in [0.25, 0.3) is 0 Å². The van der Waals surface area contributed by atoms with Crippen molar-refractivity contribution in [1.29, 1.82) is 0 Å². The highest BCUT2D eigenvalue weighted by molar-refractivity contribution is 5.54. The molecule has 0 aromatic carbocycles. The summed E-state index contributed by atoms with van der Waals surface area (Å²) in [6.45, 7) is 12.0. The highest BCUT2D eigenvalue weighted by Crippen LogP contribution is 2.34. The summed E-state index contributed by atoms with van der Waals surface area (Å²) in [6.07, 6.45) is 2.28. The molecule has 0 aliphatic rings. The highest BCUT2D eigenvalue weighted by atomic mass is 16.3. The number of nitrogens with zero attached hydrogens (tertiary/aromatic N) is 2. The number of aliphatic hydroxyl groups excluding tert-OH is 2. The maximum absolute atomic E-state index is 10.3. The van der Waals surface area contributed by atoms with Crippen molar-refractivity contribution in [3.63, 3.8) is 0 Å². The van der Waals surface area contributed by atoms with E-state index in [0.29, 0.717) is 0 Å². The van der Waals surface area contributed by atoms with Gasteiger partial charge in [0.2, 0.25) is 0 Å². The van der Waals surface area contributed by atoms with Crippen molar-refractivity contribution < 1.29 is 10.2 Å². The first-order chi connectivity index (χ1) is 11.0. The van der Waals surface area contributed by atoms with E-state index in [-0.39, 0.29) is 10.8 Å². The molecule has 0 amide bonds. The lowest BCUT2D eigenvalue weighted by atomic mass is 9.85. The Hall–Kier alpha value is -1.78. The molecule has 0 spiro atoms. The van der Waals surface area contributed by atoms with E-state index in [1.54, 1.807) is 12.4 Å². The Labute approximate surface area is 144 Å². The highest BCUT2D eigenvalue weighted by Gasteiger charge is 2.25. The average Bonchev–Trinajstić information content (AvgIpc) is 2.52. The van der Waals surface area contributed by atoms with Crippen LogP contribution in [0.1, 0.15) is 64.9 Å². The van der Waals surface area contributed by atoms with Crippen LogP contribution in [0.2, 0.25) is 0 Å². The van der Waals surface area contributed by atoms with Crippen LogP contribution in [-0.4, -0.2) is 20.2 Å². The van der Waals surface area contributed by atoms with Crippen molar-refractivity contribution in [3.05, 3.63) is 47.8 Å². The summed E-state index contributed by atoms with van der Waals surface area (Å²) in [5.41, 5.74) is 2.63.